The third-order valence-electron chi connectivity index (χ3n) is 2.64. The maximum atomic E-state index is 12.5. The lowest BCUT2D eigenvalue weighted by Gasteiger charge is -2.08. The standard InChI is InChI=1S/C14H13NO3S2/c1-11-4-6-13(7-5-11)20(17,18)14(15-10-16)9-12-3-2-8-19-12/h2-10H,1H3,(H,15,16). The van der Waals surface area contributed by atoms with Crippen LogP contribution in [0.3, 0.4) is 0 Å². The Bertz CT molecular complexity index is 714. The number of carbonyl (C=O) groups is 1. The van der Waals surface area contributed by atoms with E-state index in [4.69, 9.17) is 0 Å². The van der Waals surface area contributed by atoms with Crippen LogP contribution in [-0.2, 0) is 14.6 Å². The number of aryl methyl sites for hydroxylation is 1. The van der Waals surface area contributed by atoms with Gasteiger partial charge in [-0.05, 0) is 36.6 Å². The molecule has 20 heavy (non-hydrogen) atoms. The zero-order chi connectivity index (χ0) is 14.6. The summed E-state index contributed by atoms with van der Waals surface area (Å²) in [5.74, 6) is 0. The number of nitrogens with one attached hydrogen (secondary N) is 1. The van der Waals surface area contributed by atoms with Crippen molar-refractivity contribution in [1.82, 2.24) is 5.32 Å². The van der Waals surface area contributed by atoms with Crippen molar-refractivity contribution < 1.29 is 13.2 Å². The summed E-state index contributed by atoms with van der Waals surface area (Å²) < 4.78 is 24.9. The van der Waals surface area contributed by atoms with Crippen molar-refractivity contribution in [1.29, 1.82) is 0 Å². The highest BCUT2D eigenvalue weighted by Crippen LogP contribution is 2.21. The first-order chi connectivity index (χ1) is 9.54. The number of benzene rings is 1. The van der Waals surface area contributed by atoms with Crippen LogP contribution in [0.15, 0.2) is 51.7 Å². The summed E-state index contributed by atoms with van der Waals surface area (Å²) in [5, 5.41) is 3.98. The molecule has 0 atom stereocenters. The van der Waals surface area contributed by atoms with E-state index in [9.17, 15) is 13.2 Å². The number of sulfone groups is 1. The van der Waals surface area contributed by atoms with E-state index in [0.29, 0.717) is 6.41 Å². The summed E-state index contributed by atoms with van der Waals surface area (Å²) in [4.78, 5) is 11.6. The molecule has 0 spiro atoms. The summed E-state index contributed by atoms with van der Waals surface area (Å²) in [6.45, 7) is 1.88. The van der Waals surface area contributed by atoms with Gasteiger partial charge in [-0.2, -0.15) is 0 Å². The Kier molecular flexibility index (Phi) is 4.36. The zero-order valence-electron chi connectivity index (χ0n) is 10.7. The molecule has 0 saturated heterocycles. The van der Waals surface area contributed by atoms with Gasteiger partial charge >= 0.3 is 0 Å². The van der Waals surface area contributed by atoms with E-state index in [1.165, 1.54) is 29.5 Å². The fraction of sp³-hybridized carbons (Fsp3) is 0.0714. The van der Waals surface area contributed by atoms with Crippen LogP contribution < -0.4 is 5.32 Å². The Morgan fingerprint density at radius 1 is 1.20 bits per heavy atom. The van der Waals surface area contributed by atoms with Gasteiger partial charge in [-0.3, -0.25) is 4.79 Å². The maximum Gasteiger partial charge on any atom is 0.221 e. The van der Waals surface area contributed by atoms with Crippen molar-refractivity contribution in [2.75, 3.05) is 0 Å². The Hall–Kier alpha value is -1.92. The molecule has 0 aliphatic heterocycles. The van der Waals surface area contributed by atoms with Crippen LogP contribution in [0.25, 0.3) is 6.08 Å². The summed E-state index contributed by atoms with van der Waals surface area (Å²) in [6, 6.07) is 10.1. The molecule has 0 aliphatic rings. The Labute approximate surface area is 121 Å². The molecule has 1 heterocycles. The molecular formula is C14H13NO3S2. The summed E-state index contributed by atoms with van der Waals surface area (Å²) in [5.41, 5.74) is 0.969. The predicted octanol–water partition coefficient (Wildman–Crippen LogP) is 2.57. The highest BCUT2D eigenvalue weighted by molar-refractivity contribution is 7.95. The minimum atomic E-state index is -3.73. The molecule has 2 rings (SSSR count). The molecule has 6 heteroatoms. The molecule has 4 nitrogen and oxygen atoms in total. The molecule has 0 radical (unpaired) electrons. The van der Waals surface area contributed by atoms with Gasteiger partial charge in [-0.1, -0.05) is 23.8 Å². The van der Waals surface area contributed by atoms with Crippen LogP contribution >= 0.6 is 11.3 Å². The van der Waals surface area contributed by atoms with Crippen LogP contribution in [0.5, 0.6) is 0 Å². The third-order valence-corrected chi connectivity index (χ3v) is 5.17. The molecule has 1 aromatic carbocycles. The summed E-state index contributed by atoms with van der Waals surface area (Å²) in [6.07, 6.45) is 1.82. The number of thiophene rings is 1. The van der Waals surface area contributed by atoms with Crippen molar-refractivity contribution in [2.45, 2.75) is 11.8 Å². The summed E-state index contributed by atoms with van der Waals surface area (Å²) >= 11 is 1.39. The van der Waals surface area contributed by atoms with E-state index in [1.807, 2.05) is 18.4 Å². The van der Waals surface area contributed by atoms with Crippen LogP contribution in [0.1, 0.15) is 10.4 Å². The topological polar surface area (TPSA) is 63.2 Å². The third kappa shape index (κ3) is 3.15. The first-order valence-corrected chi connectivity index (χ1v) is 8.17. The number of amides is 1. The Morgan fingerprint density at radius 2 is 1.90 bits per heavy atom. The minimum absolute atomic E-state index is 0.126. The molecule has 2 aromatic rings. The lowest BCUT2D eigenvalue weighted by molar-refractivity contribution is -0.108. The van der Waals surface area contributed by atoms with Crippen LogP contribution in [0, 0.1) is 6.92 Å². The van der Waals surface area contributed by atoms with Gasteiger partial charge in [0.15, 0.2) is 0 Å². The molecule has 0 saturated carbocycles. The molecule has 1 amide bonds. The lowest BCUT2D eigenvalue weighted by Crippen LogP contribution is -2.19. The van der Waals surface area contributed by atoms with Gasteiger partial charge in [0, 0.05) is 4.88 Å². The van der Waals surface area contributed by atoms with E-state index in [2.05, 4.69) is 5.32 Å². The minimum Gasteiger partial charge on any atom is -0.319 e. The first-order valence-electron chi connectivity index (χ1n) is 5.81. The van der Waals surface area contributed by atoms with Crippen molar-refractivity contribution in [3.05, 3.63) is 57.2 Å². The zero-order valence-corrected chi connectivity index (χ0v) is 12.4. The lowest BCUT2D eigenvalue weighted by atomic mass is 10.2. The van der Waals surface area contributed by atoms with E-state index >= 15 is 0 Å². The van der Waals surface area contributed by atoms with Gasteiger partial charge in [0.2, 0.25) is 16.2 Å². The van der Waals surface area contributed by atoms with E-state index in [0.717, 1.165) is 10.4 Å². The Balaban J connectivity index is 2.47. The van der Waals surface area contributed by atoms with Crippen LogP contribution in [-0.4, -0.2) is 14.8 Å². The van der Waals surface area contributed by atoms with E-state index in [-0.39, 0.29) is 9.92 Å². The number of hydrogen-bond donors (Lipinski definition) is 1. The molecule has 0 unspecified atom stereocenters. The predicted molar refractivity (Wildman–Crippen MR) is 79.9 cm³/mol. The van der Waals surface area contributed by atoms with Gasteiger partial charge in [0.05, 0.1) is 4.90 Å². The van der Waals surface area contributed by atoms with Crippen LogP contribution in [0.4, 0.5) is 0 Å². The largest absolute Gasteiger partial charge is 0.319 e. The van der Waals surface area contributed by atoms with E-state index < -0.39 is 9.84 Å². The number of carbonyl (C=O) groups excluding carboxylic acids is 1. The first kappa shape index (κ1) is 14.5. The van der Waals surface area contributed by atoms with Crippen LogP contribution in [0.2, 0.25) is 0 Å². The molecule has 1 N–H and O–H groups in total. The van der Waals surface area contributed by atoms with Gasteiger partial charge < -0.3 is 5.32 Å². The van der Waals surface area contributed by atoms with E-state index in [1.54, 1.807) is 18.2 Å². The van der Waals surface area contributed by atoms with Crippen molar-refractivity contribution >= 4 is 33.7 Å². The fourth-order valence-corrected chi connectivity index (χ4v) is 3.57. The normalized spacial score (nSPS) is 12.2. The SMILES string of the molecule is Cc1ccc(S(=O)(=O)C(=Cc2cccs2)NC=O)cc1. The maximum absolute atomic E-state index is 12.5. The summed E-state index contributed by atoms with van der Waals surface area (Å²) in [7, 11) is -3.73. The van der Waals surface area contributed by atoms with Gasteiger partial charge in [0.1, 0.15) is 5.03 Å². The van der Waals surface area contributed by atoms with Crippen molar-refractivity contribution in [2.24, 2.45) is 0 Å². The molecule has 1 aromatic heterocycles. The second-order valence-electron chi connectivity index (χ2n) is 4.10. The smallest absolute Gasteiger partial charge is 0.221 e. The molecule has 104 valence electrons. The monoisotopic (exact) mass is 307 g/mol. The van der Waals surface area contributed by atoms with Gasteiger partial charge in [-0.15, -0.1) is 11.3 Å². The average molecular weight is 307 g/mol. The second kappa shape index (κ2) is 6.02. The number of rotatable bonds is 5. The van der Waals surface area contributed by atoms with Gasteiger partial charge in [-0.25, -0.2) is 8.42 Å². The van der Waals surface area contributed by atoms with Gasteiger partial charge in [0.25, 0.3) is 0 Å². The number of hydrogen-bond acceptors (Lipinski definition) is 4. The average Bonchev–Trinajstić information content (AvgIpc) is 2.92. The van der Waals surface area contributed by atoms with Crippen molar-refractivity contribution in [3.63, 3.8) is 0 Å². The highest BCUT2D eigenvalue weighted by atomic mass is 32.2. The molecular weight excluding hydrogens is 294 g/mol. The molecule has 0 fully saturated rings. The van der Waals surface area contributed by atoms with Crippen molar-refractivity contribution in [3.8, 4) is 0 Å². The second-order valence-corrected chi connectivity index (χ2v) is 7.00. The molecule has 0 aliphatic carbocycles. The fourth-order valence-electron chi connectivity index (χ4n) is 1.60. The quantitative estimate of drug-likeness (QED) is 0.864. The highest BCUT2D eigenvalue weighted by Gasteiger charge is 2.20. The molecule has 0 bridgehead atoms. The Morgan fingerprint density at radius 3 is 2.45 bits per heavy atom.